The summed E-state index contributed by atoms with van der Waals surface area (Å²) >= 11 is 0. The van der Waals surface area contributed by atoms with E-state index in [1.807, 2.05) is 6.92 Å². The van der Waals surface area contributed by atoms with E-state index in [0.29, 0.717) is 0 Å². The van der Waals surface area contributed by atoms with E-state index in [-0.39, 0.29) is 18.4 Å². The van der Waals surface area contributed by atoms with Gasteiger partial charge in [0.2, 0.25) is 0 Å². The average Bonchev–Trinajstić information content (AvgIpc) is 2.87. The topological polar surface area (TPSA) is 26.0 Å². The van der Waals surface area contributed by atoms with Crippen molar-refractivity contribution >= 4 is 12.4 Å². The van der Waals surface area contributed by atoms with Crippen LogP contribution >= 0.6 is 12.4 Å². The van der Waals surface area contributed by atoms with Gasteiger partial charge in [-0.2, -0.15) is 0 Å². The van der Waals surface area contributed by atoms with Gasteiger partial charge in [-0.1, -0.05) is 24.3 Å². The van der Waals surface area contributed by atoms with Crippen molar-refractivity contribution in [3.8, 4) is 0 Å². The molecule has 13 heavy (non-hydrogen) atoms. The standard InChI is InChI=1S/C11H15N.ClH/c1-8(12)9-2-4-10(5-3-9)11-6-7-11;/h2-5,8,11H,6-7,12H2,1H3;1H/t8-;/m0./s1. The molecule has 2 N–H and O–H groups in total. The zero-order valence-electron chi connectivity index (χ0n) is 7.86. The Hall–Kier alpha value is -0.530. The van der Waals surface area contributed by atoms with E-state index in [1.54, 1.807) is 0 Å². The number of halogens is 1. The Morgan fingerprint density at radius 3 is 2.15 bits per heavy atom. The second-order valence-corrected chi connectivity index (χ2v) is 3.73. The third kappa shape index (κ3) is 2.45. The molecule has 0 amide bonds. The lowest BCUT2D eigenvalue weighted by atomic mass is 10.0. The minimum atomic E-state index is 0. The zero-order chi connectivity index (χ0) is 8.55. The van der Waals surface area contributed by atoms with Crippen LogP contribution in [0, 0.1) is 0 Å². The van der Waals surface area contributed by atoms with Crippen LogP contribution in [0.1, 0.15) is 42.9 Å². The summed E-state index contributed by atoms with van der Waals surface area (Å²) in [5.41, 5.74) is 8.48. The Morgan fingerprint density at radius 2 is 1.77 bits per heavy atom. The van der Waals surface area contributed by atoms with E-state index >= 15 is 0 Å². The molecule has 1 atom stereocenters. The first kappa shape index (κ1) is 10.6. The van der Waals surface area contributed by atoms with Crippen molar-refractivity contribution in [3.05, 3.63) is 35.4 Å². The van der Waals surface area contributed by atoms with Crippen LogP contribution < -0.4 is 5.73 Å². The third-order valence-corrected chi connectivity index (χ3v) is 2.51. The van der Waals surface area contributed by atoms with Crippen molar-refractivity contribution in [2.75, 3.05) is 0 Å². The van der Waals surface area contributed by atoms with Crippen LogP contribution in [0.5, 0.6) is 0 Å². The largest absolute Gasteiger partial charge is 0.324 e. The van der Waals surface area contributed by atoms with Gasteiger partial charge in [-0.25, -0.2) is 0 Å². The van der Waals surface area contributed by atoms with Crippen molar-refractivity contribution in [2.45, 2.75) is 31.7 Å². The fourth-order valence-electron chi connectivity index (χ4n) is 1.49. The minimum Gasteiger partial charge on any atom is -0.324 e. The summed E-state index contributed by atoms with van der Waals surface area (Å²) in [4.78, 5) is 0. The highest BCUT2D eigenvalue weighted by Crippen LogP contribution is 2.40. The van der Waals surface area contributed by atoms with Gasteiger partial charge in [0.15, 0.2) is 0 Å². The van der Waals surface area contributed by atoms with Gasteiger partial charge in [0, 0.05) is 6.04 Å². The van der Waals surface area contributed by atoms with E-state index in [9.17, 15) is 0 Å². The second kappa shape index (κ2) is 4.12. The predicted octanol–water partition coefficient (Wildman–Crippen LogP) is 3.01. The summed E-state index contributed by atoms with van der Waals surface area (Å²) in [6.07, 6.45) is 2.75. The van der Waals surface area contributed by atoms with Crippen LogP contribution in [0.15, 0.2) is 24.3 Å². The summed E-state index contributed by atoms with van der Waals surface area (Å²) in [6.45, 7) is 2.02. The van der Waals surface area contributed by atoms with Crippen molar-refractivity contribution in [2.24, 2.45) is 5.73 Å². The molecule has 1 aromatic rings. The Morgan fingerprint density at radius 1 is 1.23 bits per heavy atom. The van der Waals surface area contributed by atoms with Gasteiger partial charge < -0.3 is 5.73 Å². The third-order valence-electron chi connectivity index (χ3n) is 2.51. The van der Waals surface area contributed by atoms with E-state index in [2.05, 4.69) is 24.3 Å². The highest BCUT2D eigenvalue weighted by molar-refractivity contribution is 5.85. The normalized spacial score (nSPS) is 17.7. The van der Waals surface area contributed by atoms with Gasteiger partial charge in [0.25, 0.3) is 0 Å². The van der Waals surface area contributed by atoms with Gasteiger partial charge in [-0.05, 0) is 36.8 Å². The Labute approximate surface area is 85.7 Å². The lowest BCUT2D eigenvalue weighted by Gasteiger charge is -2.05. The summed E-state index contributed by atoms with van der Waals surface area (Å²) in [7, 11) is 0. The molecule has 2 heteroatoms. The molecule has 0 heterocycles. The molecule has 1 aliphatic carbocycles. The van der Waals surface area contributed by atoms with E-state index in [0.717, 1.165) is 5.92 Å². The first-order valence-electron chi connectivity index (χ1n) is 4.63. The molecule has 0 aromatic heterocycles. The first-order chi connectivity index (χ1) is 5.77. The summed E-state index contributed by atoms with van der Waals surface area (Å²) < 4.78 is 0. The van der Waals surface area contributed by atoms with Gasteiger partial charge in [-0.3, -0.25) is 0 Å². The van der Waals surface area contributed by atoms with E-state index in [1.165, 1.54) is 24.0 Å². The molecule has 0 unspecified atom stereocenters. The highest BCUT2D eigenvalue weighted by Gasteiger charge is 2.22. The molecule has 0 saturated heterocycles. The summed E-state index contributed by atoms with van der Waals surface area (Å²) in [6, 6.07) is 8.90. The van der Waals surface area contributed by atoms with Crippen molar-refractivity contribution in [1.82, 2.24) is 0 Å². The molecule has 1 fully saturated rings. The monoisotopic (exact) mass is 197 g/mol. The quantitative estimate of drug-likeness (QED) is 0.775. The molecule has 2 rings (SSSR count). The number of rotatable bonds is 2. The fourth-order valence-corrected chi connectivity index (χ4v) is 1.49. The molecule has 1 saturated carbocycles. The number of hydrogen-bond acceptors (Lipinski definition) is 1. The van der Waals surface area contributed by atoms with Crippen LogP contribution in [-0.4, -0.2) is 0 Å². The molecule has 0 aliphatic heterocycles. The van der Waals surface area contributed by atoms with Gasteiger partial charge in [-0.15, -0.1) is 12.4 Å². The molecule has 0 spiro atoms. The lowest BCUT2D eigenvalue weighted by molar-refractivity contribution is 0.817. The van der Waals surface area contributed by atoms with Crippen molar-refractivity contribution in [3.63, 3.8) is 0 Å². The first-order valence-corrected chi connectivity index (χ1v) is 4.63. The van der Waals surface area contributed by atoms with Gasteiger partial charge in [0.05, 0.1) is 0 Å². The van der Waals surface area contributed by atoms with Crippen molar-refractivity contribution < 1.29 is 0 Å². The van der Waals surface area contributed by atoms with Gasteiger partial charge >= 0.3 is 0 Å². The van der Waals surface area contributed by atoms with Crippen LogP contribution in [0.4, 0.5) is 0 Å². The zero-order valence-corrected chi connectivity index (χ0v) is 8.68. The maximum absolute atomic E-state index is 5.76. The molecule has 0 radical (unpaired) electrons. The average molecular weight is 198 g/mol. The van der Waals surface area contributed by atoms with Crippen molar-refractivity contribution in [1.29, 1.82) is 0 Å². The lowest BCUT2D eigenvalue weighted by Crippen LogP contribution is -2.04. The maximum Gasteiger partial charge on any atom is 0.0266 e. The molecule has 0 bridgehead atoms. The predicted molar refractivity (Wildman–Crippen MR) is 58.3 cm³/mol. The summed E-state index contributed by atoms with van der Waals surface area (Å²) in [5, 5.41) is 0. The Balaban J connectivity index is 0.000000845. The van der Waals surface area contributed by atoms with Crippen LogP contribution in [-0.2, 0) is 0 Å². The molecular weight excluding hydrogens is 182 g/mol. The Kier molecular flexibility index (Phi) is 3.34. The molecule has 1 aliphatic rings. The highest BCUT2D eigenvalue weighted by atomic mass is 35.5. The SMILES string of the molecule is C[C@H](N)c1ccc(C2CC2)cc1.Cl. The minimum absolute atomic E-state index is 0. The smallest absolute Gasteiger partial charge is 0.0266 e. The Bertz CT molecular complexity index is 241. The number of hydrogen-bond donors (Lipinski definition) is 1. The fraction of sp³-hybridized carbons (Fsp3) is 0.455. The summed E-state index contributed by atoms with van der Waals surface area (Å²) in [5.74, 6) is 0.854. The molecule has 1 aromatic carbocycles. The second-order valence-electron chi connectivity index (χ2n) is 3.73. The van der Waals surface area contributed by atoms with Gasteiger partial charge in [0.1, 0.15) is 0 Å². The molecule has 72 valence electrons. The van der Waals surface area contributed by atoms with Crippen LogP contribution in [0.3, 0.4) is 0 Å². The molecule has 1 nitrogen and oxygen atoms in total. The van der Waals surface area contributed by atoms with E-state index in [4.69, 9.17) is 5.73 Å². The van der Waals surface area contributed by atoms with Crippen LogP contribution in [0.25, 0.3) is 0 Å². The maximum atomic E-state index is 5.76. The van der Waals surface area contributed by atoms with Crippen LogP contribution in [0.2, 0.25) is 0 Å². The van der Waals surface area contributed by atoms with E-state index < -0.39 is 0 Å². The number of nitrogens with two attached hydrogens (primary N) is 1. The number of benzene rings is 1. The molecular formula is C11H16ClN.